The molecule has 1 heterocycles. The topological polar surface area (TPSA) is 62.8 Å². The third-order valence-corrected chi connectivity index (χ3v) is 7.39. The van der Waals surface area contributed by atoms with Crippen molar-refractivity contribution in [2.24, 2.45) is 0 Å². The molecule has 0 aromatic heterocycles. The first-order valence-corrected chi connectivity index (χ1v) is 13.1. The van der Waals surface area contributed by atoms with E-state index >= 15 is 0 Å². The lowest BCUT2D eigenvalue weighted by Gasteiger charge is -2.29. The number of rotatable bonds is 11. The van der Waals surface area contributed by atoms with E-state index in [-0.39, 0.29) is 11.3 Å². The highest BCUT2D eigenvalue weighted by molar-refractivity contribution is 8.03. The molecular weight excluding hydrogens is 494 g/mol. The SMILES string of the molecule is C=CC(=O)Nc1cccc(O/C(SC(C=C)Nc2ccc(C3CCN(C)CC3)cc2OC)=C(/C)Cl)c1. The van der Waals surface area contributed by atoms with Gasteiger partial charge in [-0.05, 0) is 81.7 Å². The summed E-state index contributed by atoms with van der Waals surface area (Å²) in [5.74, 6) is 1.58. The van der Waals surface area contributed by atoms with Crippen molar-refractivity contribution < 1.29 is 14.3 Å². The third kappa shape index (κ3) is 7.82. The fourth-order valence-electron chi connectivity index (χ4n) is 3.94. The summed E-state index contributed by atoms with van der Waals surface area (Å²) in [4.78, 5) is 14.0. The molecule has 2 aromatic rings. The number of methoxy groups -OCH3 is 1. The molecule has 1 atom stereocenters. The maximum absolute atomic E-state index is 11.6. The second kappa shape index (κ2) is 13.4. The molecule has 0 spiro atoms. The highest BCUT2D eigenvalue weighted by Crippen LogP contribution is 2.36. The minimum absolute atomic E-state index is 0.236. The largest absolute Gasteiger partial charge is 0.495 e. The summed E-state index contributed by atoms with van der Waals surface area (Å²) in [5, 5.41) is 6.98. The van der Waals surface area contributed by atoms with Gasteiger partial charge in [-0.25, -0.2) is 0 Å². The number of thioether (sulfide) groups is 1. The average Bonchev–Trinajstić information content (AvgIpc) is 2.88. The fraction of sp³-hybridized carbons (Fsp3) is 0.321. The minimum Gasteiger partial charge on any atom is -0.495 e. The summed E-state index contributed by atoms with van der Waals surface area (Å²) in [6.07, 6.45) is 5.30. The minimum atomic E-state index is -0.294. The van der Waals surface area contributed by atoms with E-state index in [0.29, 0.717) is 27.5 Å². The van der Waals surface area contributed by atoms with Crippen LogP contribution in [0.4, 0.5) is 11.4 Å². The monoisotopic (exact) mass is 527 g/mol. The van der Waals surface area contributed by atoms with E-state index in [0.717, 1.165) is 37.4 Å². The Morgan fingerprint density at radius 3 is 2.61 bits per heavy atom. The van der Waals surface area contributed by atoms with Crippen molar-refractivity contribution in [3.05, 3.63) is 83.5 Å². The van der Waals surface area contributed by atoms with Gasteiger partial charge in [0, 0.05) is 11.8 Å². The van der Waals surface area contributed by atoms with Gasteiger partial charge in [-0.3, -0.25) is 4.79 Å². The number of halogens is 1. The quantitative estimate of drug-likeness (QED) is 0.145. The van der Waals surface area contributed by atoms with E-state index in [1.54, 1.807) is 44.4 Å². The van der Waals surface area contributed by atoms with Crippen LogP contribution in [-0.2, 0) is 4.79 Å². The van der Waals surface area contributed by atoms with Crippen molar-refractivity contribution >= 4 is 40.6 Å². The van der Waals surface area contributed by atoms with Crippen LogP contribution in [0.3, 0.4) is 0 Å². The van der Waals surface area contributed by atoms with Gasteiger partial charge in [0.1, 0.15) is 11.5 Å². The fourth-order valence-corrected chi connectivity index (χ4v) is 4.93. The van der Waals surface area contributed by atoms with Gasteiger partial charge in [0.25, 0.3) is 0 Å². The Bertz CT molecular complexity index is 1110. The molecule has 192 valence electrons. The molecule has 1 unspecified atom stereocenters. The van der Waals surface area contributed by atoms with Gasteiger partial charge in [0.05, 0.1) is 23.2 Å². The first-order chi connectivity index (χ1) is 17.3. The molecule has 36 heavy (non-hydrogen) atoms. The summed E-state index contributed by atoms with van der Waals surface area (Å²) in [6.45, 7) is 11.4. The molecule has 0 bridgehead atoms. The van der Waals surface area contributed by atoms with Crippen LogP contribution in [0, 0.1) is 0 Å². The van der Waals surface area contributed by atoms with E-state index in [4.69, 9.17) is 21.1 Å². The van der Waals surface area contributed by atoms with Crippen LogP contribution in [0.1, 0.15) is 31.2 Å². The van der Waals surface area contributed by atoms with E-state index in [1.807, 2.05) is 0 Å². The highest BCUT2D eigenvalue weighted by Gasteiger charge is 2.21. The molecule has 0 radical (unpaired) electrons. The summed E-state index contributed by atoms with van der Waals surface area (Å²) in [5.41, 5.74) is 2.77. The van der Waals surface area contributed by atoms with Gasteiger partial charge in [-0.2, -0.15) is 0 Å². The van der Waals surface area contributed by atoms with Gasteiger partial charge < -0.3 is 25.0 Å². The zero-order valence-electron chi connectivity index (χ0n) is 21.1. The van der Waals surface area contributed by atoms with Crippen LogP contribution < -0.4 is 20.1 Å². The highest BCUT2D eigenvalue weighted by atomic mass is 35.5. The number of amides is 1. The molecule has 1 aliphatic rings. The molecule has 2 N–H and O–H groups in total. The molecule has 6 nitrogen and oxygen atoms in total. The number of carbonyl (C=O) groups is 1. The van der Waals surface area contributed by atoms with Crippen LogP contribution in [0.15, 0.2) is 77.9 Å². The predicted octanol–water partition coefficient (Wildman–Crippen LogP) is 6.79. The zero-order chi connectivity index (χ0) is 26.1. The molecular formula is C28H34ClN3O3S. The molecule has 1 saturated heterocycles. The molecule has 8 heteroatoms. The van der Waals surface area contributed by atoms with Crippen molar-refractivity contribution in [2.45, 2.75) is 31.1 Å². The van der Waals surface area contributed by atoms with E-state index in [2.05, 4.69) is 53.9 Å². The van der Waals surface area contributed by atoms with Crippen LogP contribution in [0.2, 0.25) is 0 Å². The number of anilines is 2. The molecule has 1 amide bonds. The smallest absolute Gasteiger partial charge is 0.247 e. The summed E-state index contributed by atoms with van der Waals surface area (Å²) < 4.78 is 11.8. The average molecular weight is 528 g/mol. The van der Waals surface area contributed by atoms with Crippen molar-refractivity contribution in [3.63, 3.8) is 0 Å². The van der Waals surface area contributed by atoms with Crippen LogP contribution in [-0.4, -0.2) is 43.4 Å². The number of piperidine rings is 1. The van der Waals surface area contributed by atoms with Crippen LogP contribution in [0.5, 0.6) is 11.5 Å². The molecule has 2 aromatic carbocycles. The number of carbonyl (C=O) groups excluding carboxylic acids is 1. The van der Waals surface area contributed by atoms with Gasteiger partial charge in [-0.1, -0.05) is 48.2 Å². The van der Waals surface area contributed by atoms with E-state index in [1.165, 1.54) is 23.4 Å². The lowest BCUT2D eigenvalue weighted by atomic mass is 9.89. The number of hydrogen-bond acceptors (Lipinski definition) is 6. The Kier molecular flexibility index (Phi) is 10.3. The first kappa shape index (κ1) is 27.7. The van der Waals surface area contributed by atoms with Crippen molar-refractivity contribution in [1.29, 1.82) is 0 Å². The van der Waals surface area contributed by atoms with Crippen molar-refractivity contribution in [2.75, 3.05) is 37.9 Å². The molecule has 3 rings (SSSR count). The number of allylic oxidation sites excluding steroid dienone is 1. The number of likely N-dealkylation sites (tertiary alicyclic amines) is 1. The van der Waals surface area contributed by atoms with Crippen LogP contribution in [0.25, 0.3) is 0 Å². The Labute approximate surface area is 223 Å². The lowest BCUT2D eigenvalue weighted by Crippen LogP contribution is -2.29. The summed E-state index contributed by atoms with van der Waals surface area (Å²) >= 11 is 7.78. The van der Waals surface area contributed by atoms with Gasteiger partial charge in [0.15, 0.2) is 5.09 Å². The standard InChI is InChI=1S/C28H34ClN3O3S/c1-6-26(33)30-22-9-8-10-23(18-22)35-28(19(3)29)36-27(7-2)31-24-12-11-21(17-25(24)34-5)20-13-15-32(4)16-14-20/h6-12,17-18,20,27,31H,1-2,13-16H2,3-5H3,(H,30,33)/b28-19+. The Balaban J connectivity index is 1.71. The number of nitrogens with zero attached hydrogens (tertiary/aromatic N) is 1. The molecule has 0 aliphatic carbocycles. The second-order valence-electron chi connectivity index (χ2n) is 8.60. The number of hydrogen-bond donors (Lipinski definition) is 2. The Morgan fingerprint density at radius 1 is 1.22 bits per heavy atom. The maximum Gasteiger partial charge on any atom is 0.247 e. The maximum atomic E-state index is 11.6. The van der Waals surface area contributed by atoms with Gasteiger partial charge in [-0.15, -0.1) is 6.58 Å². The van der Waals surface area contributed by atoms with Gasteiger partial charge in [0.2, 0.25) is 5.91 Å². The molecule has 1 fully saturated rings. The van der Waals surface area contributed by atoms with Crippen molar-refractivity contribution in [1.82, 2.24) is 4.90 Å². The number of ether oxygens (including phenoxy) is 2. The zero-order valence-corrected chi connectivity index (χ0v) is 22.6. The van der Waals surface area contributed by atoms with Crippen LogP contribution >= 0.6 is 23.4 Å². The van der Waals surface area contributed by atoms with Gasteiger partial charge >= 0.3 is 0 Å². The number of nitrogens with one attached hydrogen (secondary N) is 2. The third-order valence-electron chi connectivity index (χ3n) is 5.94. The first-order valence-electron chi connectivity index (χ1n) is 11.8. The lowest BCUT2D eigenvalue weighted by molar-refractivity contribution is -0.111. The second-order valence-corrected chi connectivity index (χ2v) is 10.3. The number of benzene rings is 2. The normalized spacial score (nSPS) is 15.9. The molecule has 0 saturated carbocycles. The van der Waals surface area contributed by atoms with E-state index < -0.39 is 0 Å². The van der Waals surface area contributed by atoms with Crippen molar-refractivity contribution in [3.8, 4) is 11.5 Å². The predicted molar refractivity (Wildman–Crippen MR) is 152 cm³/mol. The molecule has 1 aliphatic heterocycles. The summed E-state index contributed by atoms with van der Waals surface area (Å²) in [7, 11) is 3.85. The Hall–Kier alpha value is -2.87. The Morgan fingerprint density at radius 2 is 1.97 bits per heavy atom. The summed E-state index contributed by atoms with van der Waals surface area (Å²) in [6, 6.07) is 13.5. The van der Waals surface area contributed by atoms with E-state index in [9.17, 15) is 4.79 Å².